The summed E-state index contributed by atoms with van der Waals surface area (Å²) >= 11 is 0. The van der Waals surface area contributed by atoms with Gasteiger partial charge in [-0.05, 0) is 109 Å². The van der Waals surface area contributed by atoms with Crippen molar-refractivity contribution in [2.45, 2.75) is 83.0 Å². The quantitative estimate of drug-likeness (QED) is 0.269. The molecule has 4 rings (SSSR count). The normalized spacial score (nSPS) is 17.5. The van der Waals surface area contributed by atoms with Crippen LogP contribution in [0, 0.1) is 11.8 Å². The molecule has 1 aliphatic rings. The molecule has 36 heavy (non-hydrogen) atoms. The van der Waals surface area contributed by atoms with Gasteiger partial charge < -0.3 is 15.3 Å². The maximum Gasteiger partial charge on any atom is 0.115 e. The van der Waals surface area contributed by atoms with Gasteiger partial charge in [0.05, 0.1) is 0 Å². The molecule has 3 heteroatoms. The lowest BCUT2D eigenvalue weighted by Gasteiger charge is -2.44. The van der Waals surface area contributed by atoms with E-state index in [1.165, 1.54) is 48.8 Å². The van der Waals surface area contributed by atoms with Crippen LogP contribution in [-0.2, 0) is 5.41 Å². The lowest BCUT2D eigenvalue weighted by Crippen LogP contribution is -2.34. The zero-order chi connectivity index (χ0) is 25.5. The van der Waals surface area contributed by atoms with Gasteiger partial charge in [-0.25, -0.2) is 0 Å². The Morgan fingerprint density at radius 2 is 1.14 bits per heavy atom. The highest BCUT2D eigenvalue weighted by Gasteiger charge is 2.40. The average Bonchev–Trinajstić information content (AvgIpc) is 2.90. The second kappa shape index (κ2) is 11.9. The molecule has 0 radical (unpaired) electrons. The third kappa shape index (κ3) is 5.88. The molecule has 192 valence electrons. The highest BCUT2D eigenvalue weighted by atomic mass is 16.3. The van der Waals surface area contributed by atoms with Crippen LogP contribution in [0.5, 0.6) is 17.2 Å². The van der Waals surface area contributed by atoms with Gasteiger partial charge in [-0.3, -0.25) is 0 Å². The Kier molecular flexibility index (Phi) is 8.61. The van der Waals surface area contributed by atoms with Crippen molar-refractivity contribution in [3.63, 3.8) is 0 Å². The SMILES string of the molecule is CCCC(CC)CCC(c1ccc(O)cc1)C1CCC(c2ccc(O)cc2)(c2ccc(O)cc2)CC1. The third-order valence-electron chi connectivity index (χ3n) is 8.77. The van der Waals surface area contributed by atoms with Gasteiger partial charge in [0.1, 0.15) is 17.2 Å². The maximum atomic E-state index is 9.92. The average molecular weight is 487 g/mol. The number of rotatable bonds is 10. The van der Waals surface area contributed by atoms with E-state index >= 15 is 0 Å². The molecule has 0 spiro atoms. The summed E-state index contributed by atoms with van der Waals surface area (Å²) < 4.78 is 0. The van der Waals surface area contributed by atoms with E-state index in [2.05, 4.69) is 50.2 Å². The van der Waals surface area contributed by atoms with Crippen LogP contribution in [0.3, 0.4) is 0 Å². The zero-order valence-electron chi connectivity index (χ0n) is 21.9. The smallest absolute Gasteiger partial charge is 0.115 e. The number of aromatic hydroxyl groups is 3. The van der Waals surface area contributed by atoms with Crippen molar-refractivity contribution >= 4 is 0 Å². The van der Waals surface area contributed by atoms with Gasteiger partial charge >= 0.3 is 0 Å². The van der Waals surface area contributed by atoms with Crippen molar-refractivity contribution in [1.29, 1.82) is 0 Å². The molecule has 0 heterocycles. The van der Waals surface area contributed by atoms with Crippen LogP contribution in [0.1, 0.15) is 94.2 Å². The lowest BCUT2D eigenvalue weighted by atomic mass is 9.60. The molecular weight excluding hydrogens is 444 g/mol. The number of phenols is 3. The summed E-state index contributed by atoms with van der Waals surface area (Å²) in [7, 11) is 0. The summed E-state index contributed by atoms with van der Waals surface area (Å²) in [4.78, 5) is 0. The Hall–Kier alpha value is -2.94. The first kappa shape index (κ1) is 26.1. The van der Waals surface area contributed by atoms with E-state index in [-0.39, 0.29) is 5.41 Å². The molecule has 3 aromatic rings. The standard InChI is InChI=1S/C33H42O3/c1-3-5-24(4-2)6-19-32(25-7-13-29(34)14-8-25)26-20-22-33(23-21-26,27-9-15-30(35)16-10-27)28-11-17-31(36)18-12-28/h7-18,24,26,32,34-36H,3-6,19-23H2,1-2H3. The van der Waals surface area contributed by atoms with E-state index in [1.54, 1.807) is 24.3 Å². The van der Waals surface area contributed by atoms with E-state index < -0.39 is 0 Å². The van der Waals surface area contributed by atoms with Crippen molar-refractivity contribution in [3.8, 4) is 17.2 Å². The van der Waals surface area contributed by atoms with E-state index in [4.69, 9.17) is 0 Å². The Labute approximate surface area is 216 Å². The Balaban J connectivity index is 1.60. The van der Waals surface area contributed by atoms with Crippen LogP contribution in [-0.4, -0.2) is 15.3 Å². The molecule has 1 aliphatic carbocycles. The fraction of sp³-hybridized carbons (Fsp3) is 0.455. The van der Waals surface area contributed by atoms with Gasteiger partial charge in [0, 0.05) is 5.41 Å². The van der Waals surface area contributed by atoms with Crippen LogP contribution in [0.15, 0.2) is 72.8 Å². The molecule has 1 saturated carbocycles. The minimum atomic E-state index is -0.119. The van der Waals surface area contributed by atoms with Crippen LogP contribution >= 0.6 is 0 Å². The van der Waals surface area contributed by atoms with Crippen molar-refractivity contribution in [1.82, 2.24) is 0 Å². The number of benzene rings is 3. The molecule has 0 aromatic heterocycles. The maximum absolute atomic E-state index is 9.92. The fourth-order valence-corrected chi connectivity index (χ4v) is 6.61. The monoisotopic (exact) mass is 486 g/mol. The summed E-state index contributed by atoms with van der Waals surface area (Å²) in [6, 6.07) is 23.4. The predicted octanol–water partition coefficient (Wildman–Crippen LogP) is 8.67. The third-order valence-corrected chi connectivity index (χ3v) is 8.77. The minimum Gasteiger partial charge on any atom is -0.508 e. The first-order chi connectivity index (χ1) is 17.4. The summed E-state index contributed by atoms with van der Waals surface area (Å²) in [5, 5.41) is 29.7. The molecule has 0 aliphatic heterocycles. The van der Waals surface area contributed by atoms with Crippen molar-refractivity contribution in [2.75, 3.05) is 0 Å². The van der Waals surface area contributed by atoms with Gasteiger partial charge in [0.15, 0.2) is 0 Å². The molecule has 3 aromatic carbocycles. The minimum absolute atomic E-state index is 0.119. The summed E-state index contributed by atoms with van der Waals surface area (Å²) in [5.74, 6) is 2.78. The Bertz CT molecular complexity index is 1010. The molecule has 3 N–H and O–H groups in total. The highest BCUT2D eigenvalue weighted by molar-refractivity contribution is 5.43. The zero-order valence-corrected chi connectivity index (χ0v) is 21.9. The first-order valence-corrected chi connectivity index (χ1v) is 13.8. The summed E-state index contributed by atoms with van der Waals surface area (Å²) in [5.41, 5.74) is 3.70. The van der Waals surface area contributed by atoms with Crippen LogP contribution in [0.2, 0.25) is 0 Å². The van der Waals surface area contributed by atoms with Gasteiger partial charge in [-0.1, -0.05) is 69.5 Å². The number of phenolic OH excluding ortho intramolecular Hbond substituents is 3. The van der Waals surface area contributed by atoms with Gasteiger partial charge in [-0.2, -0.15) is 0 Å². The number of hydrogen-bond acceptors (Lipinski definition) is 3. The molecule has 0 bridgehead atoms. The number of hydrogen-bond donors (Lipinski definition) is 3. The largest absolute Gasteiger partial charge is 0.508 e. The Morgan fingerprint density at radius 1 is 0.667 bits per heavy atom. The van der Waals surface area contributed by atoms with Crippen LogP contribution in [0.25, 0.3) is 0 Å². The van der Waals surface area contributed by atoms with Gasteiger partial charge in [-0.15, -0.1) is 0 Å². The summed E-state index contributed by atoms with van der Waals surface area (Å²) in [6.07, 6.45) is 10.6. The topological polar surface area (TPSA) is 60.7 Å². The molecule has 2 atom stereocenters. The molecule has 0 saturated heterocycles. The molecule has 0 amide bonds. The molecule has 2 unspecified atom stereocenters. The second-order valence-corrected chi connectivity index (χ2v) is 10.9. The highest BCUT2D eigenvalue weighted by Crippen LogP contribution is 2.51. The van der Waals surface area contributed by atoms with E-state index in [0.717, 1.165) is 31.6 Å². The van der Waals surface area contributed by atoms with E-state index in [1.807, 2.05) is 12.1 Å². The fourth-order valence-electron chi connectivity index (χ4n) is 6.61. The first-order valence-electron chi connectivity index (χ1n) is 13.8. The molecular formula is C33H42O3. The van der Waals surface area contributed by atoms with Crippen LogP contribution < -0.4 is 0 Å². The van der Waals surface area contributed by atoms with Gasteiger partial charge in [0.25, 0.3) is 0 Å². The van der Waals surface area contributed by atoms with Gasteiger partial charge in [0.2, 0.25) is 0 Å². The van der Waals surface area contributed by atoms with Crippen LogP contribution in [0.4, 0.5) is 0 Å². The second-order valence-electron chi connectivity index (χ2n) is 10.9. The van der Waals surface area contributed by atoms with Crippen molar-refractivity contribution in [2.24, 2.45) is 11.8 Å². The van der Waals surface area contributed by atoms with Crippen molar-refractivity contribution < 1.29 is 15.3 Å². The van der Waals surface area contributed by atoms with Crippen molar-refractivity contribution in [3.05, 3.63) is 89.5 Å². The van der Waals surface area contributed by atoms with E-state index in [9.17, 15) is 15.3 Å². The predicted molar refractivity (Wildman–Crippen MR) is 148 cm³/mol. The molecule has 3 nitrogen and oxygen atoms in total. The summed E-state index contributed by atoms with van der Waals surface area (Å²) in [6.45, 7) is 4.60. The molecule has 1 fully saturated rings. The Morgan fingerprint density at radius 3 is 1.58 bits per heavy atom. The lowest BCUT2D eigenvalue weighted by molar-refractivity contribution is 0.221. The van der Waals surface area contributed by atoms with E-state index in [0.29, 0.717) is 29.1 Å².